The Morgan fingerprint density at radius 2 is 0.692 bits per heavy atom. The molecule has 13 aromatic rings. The standard InChI is InChI=1S/2C22H18N4O.C20H23N3.C19H21N3.C14H14N4/c1-13-10-11-15-16-7-6-12-24-22(16)27-21(15)19(13)26-14(2)25(4)18-9-5-8-17(23-3)20(18)26;1-13-11-16-15-7-6-10-24-22(15)27-20(16)12-19(13)26-14(2)25(4)18-9-5-8-17(23-3)21(18)26;1-12-11-13(2)19(15(4)14(12)3)23-16(5)22(7)18-10-8-9-17(21-6)20(18)23;1-12-10-11-13(2)18(14(12)3)22-15(4)21(6)17-9-7-8-16(20-5)19(17)22;1-10-8-6-7-9-12(10)18-11(2)17(5)13(15-3)14(18)16-4/h2*5-12,14H,1-2,4H3;8-11,16H,1-5,7H3;7-11,15H,1-4,6H3;6-9,11H,1-2,5H3/t2*14-;16-;15-;11-/m00000/s1. The van der Waals surface area contributed by atoms with E-state index in [1.165, 1.54) is 50.3 Å². The van der Waals surface area contributed by atoms with E-state index in [4.69, 9.17) is 48.3 Å². The van der Waals surface area contributed by atoms with E-state index < -0.39 is 0 Å². The molecule has 9 heterocycles. The molecule has 0 aliphatic carbocycles. The monoisotopic (exact) mass is 1540 g/mol. The lowest BCUT2D eigenvalue weighted by atomic mass is 9.97. The normalized spacial score (nSPS) is 16.7. The third kappa shape index (κ3) is 13.2. The molecule has 5 atom stereocenters. The molecule has 4 aromatic heterocycles. The lowest BCUT2D eigenvalue weighted by molar-refractivity contribution is 0.364. The summed E-state index contributed by atoms with van der Waals surface area (Å²) in [4.78, 5) is 52.6. The number of para-hydroxylation sites is 5. The Balaban J connectivity index is 0.000000121. The average Bonchev–Trinajstić information content (AvgIpc) is 1.59. The molecule has 18 rings (SSSR count). The zero-order valence-corrected chi connectivity index (χ0v) is 70.0. The molecule has 0 fully saturated rings. The summed E-state index contributed by atoms with van der Waals surface area (Å²) in [5.74, 6) is 0.829. The van der Waals surface area contributed by atoms with Gasteiger partial charge in [-0.3, -0.25) is 4.90 Å². The predicted octanol–water partition coefficient (Wildman–Crippen LogP) is 25.1. The fourth-order valence-corrected chi connectivity index (χ4v) is 17.2. The van der Waals surface area contributed by atoms with Crippen molar-refractivity contribution >= 4 is 141 Å². The van der Waals surface area contributed by atoms with Crippen molar-refractivity contribution in [2.24, 2.45) is 0 Å². The molecule has 0 saturated carbocycles. The highest BCUT2D eigenvalue weighted by Gasteiger charge is 2.42. The van der Waals surface area contributed by atoms with Crippen LogP contribution in [0.15, 0.2) is 197 Å². The first kappa shape index (κ1) is 79.2. The number of aryl methyl sites for hydroxylation is 7. The molecular weight excluding hydrogens is 1450 g/mol. The number of furan rings is 2. The summed E-state index contributed by atoms with van der Waals surface area (Å²) in [6.45, 7) is 76.9. The number of rotatable bonds is 5. The van der Waals surface area contributed by atoms with Gasteiger partial charge in [-0.15, -0.1) is 0 Å². The van der Waals surface area contributed by atoms with Crippen molar-refractivity contribution in [3.63, 3.8) is 0 Å². The Bertz CT molecular complexity index is 6480. The first-order valence-electron chi connectivity index (χ1n) is 39.0. The predicted molar refractivity (Wildman–Crippen MR) is 480 cm³/mol. The smallest absolute Gasteiger partial charge is 0.253 e. The van der Waals surface area contributed by atoms with Gasteiger partial charge in [0.2, 0.25) is 46.2 Å². The van der Waals surface area contributed by atoms with Gasteiger partial charge in [-0.1, -0.05) is 110 Å². The SMILES string of the molecule is [C-]#[N+]C1=C([N+]#[C-])N(c2ccccc2C)[C@@H](C)N1C.[C-]#[N+]c1cccc2c1N(c1c(C)cc(C)c(C)c1C)[C@@H](C)N2C.[C-]#[N+]c1cccc2c1N(c1c(C)ccc(C)c1C)[C@@H](C)N2C.[C-]#[N+]c1cccc2c1N(c1c(C)ccc3c1oc1ncccc13)[C@@H](C)N2C.[C-]#[N+]c1cccc2c1N(c1cc3oc4ncccc4c3cc1C)[C@@H](C)N2C. The number of fused-ring (bicyclic) bond motifs is 10. The van der Waals surface area contributed by atoms with Crippen LogP contribution in [0, 0.1) is 109 Å². The molecule has 0 amide bonds. The molecule has 20 nitrogen and oxygen atoms in total. The largest absolute Gasteiger partial charge is 0.438 e. The molecule has 0 bridgehead atoms. The van der Waals surface area contributed by atoms with Crippen molar-refractivity contribution in [1.82, 2.24) is 14.9 Å². The number of benzene rings is 9. The lowest BCUT2D eigenvalue weighted by Crippen LogP contribution is -2.36. The number of hydrogen-bond acceptors (Lipinski definition) is 14. The van der Waals surface area contributed by atoms with Crippen LogP contribution in [-0.4, -0.2) is 80.9 Å². The Labute approximate surface area is 686 Å². The summed E-state index contributed by atoms with van der Waals surface area (Å²) >= 11 is 0. The van der Waals surface area contributed by atoms with Crippen LogP contribution in [-0.2, 0) is 0 Å². The van der Waals surface area contributed by atoms with Crippen LogP contribution < -0.4 is 44.1 Å². The van der Waals surface area contributed by atoms with Crippen LogP contribution in [0.5, 0.6) is 0 Å². The van der Waals surface area contributed by atoms with E-state index in [1.807, 2.05) is 128 Å². The highest BCUT2D eigenvalue weighted by molar-refractivity contribution is 6.11. The number of aromatic nitrogens is 2. The summed E-state index contributed by atoms with van der Waals surface area (Å²) in [6.07, 6.45) is 4.02. The minimum absolute atomic E-state index is 0.0145. The molecule has 9 aromatic carbocycles. The maximum absolute atomic E-state index is 7.65. The number of nitrogens with zero attached hydrogens (tertiary/aromatic N) is 18. The second-order valence-corrected chi connectivity index (χ2v) is 30.7. The zero-order chi connectivity index (χ0) is 83.6. The van der Waals surface area contributed by atoms with Gasteiger partial charge >= 0.3 is 0 Å². The van der Waals surface area contributed by atoms with E-state index in [9.17, 15) is 0 Å². The van der Waals surface area contributed by atoms with E-state index >= 15 is 0 Å². The van der Waals surface area contributed by atoms with E-state index in [-0.39, 0.29) is 30.8 Å². The van der Waals surface area contributed by atoms with Crippen molar-refractivity contribution in [3.8, 4) is 0 Å². The van der Waals surface area contributed by atoms with Gasteiger partial charge in [0.1, 0.15) is 35.9 Å². The molecule has 584 valence electrons. The third-order valence-corrected chi connectivity index (χ3v) is 24.3. The van der Waals surface area contributed by atoms with Gasteiger partial charge in [0.25, 0.3) is 5.82 Å². The van der Waals surface area contributed by atoms with Crippen LogP contribution in [0.1, 0.15) is 90.3 Å². The minimum atomic E-state index is -0.0145. The number of anilines is 13. The van der Waals surface area contributed by atoms with E-state index in [0.717, 1.165) is 118 Å². The van der Waals surface area contributed by atoms with Crippen molar-refractivity contribution < 1.29 is 8.83 Å². The lowest BCUT2D eigenvalue weighted by Gasteiger charge is -2.32. The summed E-state index contributed by atoms with van der Waals surface area (Å²) < 4.78 is 12.2. The first-order chi connectivity index (χ1) is 56.2. The molecule has 5 aliphatic heterocycles. The maximum Gasteiger partial charge on any atom is 0.253 e. The van der Waals surface area contributed by atoms with E-state index in [0.29, 0.717) is 40.1 Å². The molecule has 0 unspecified atom stereocenters. The molecule has 0 spiro atoms. The van der Waals surface area contributed by atoms with Gasteiger partial charge in [-0.05, 0) is 213 Å². The van der Waals surface area contributed by atoms with Gasteiger partial charge in [0, 0.05) is 92.2 Å². The molecule has 0 N–H and O–H groups in total. The zero-order valence-electron chi connectivity index (χ0n) is 70.0. The minimum Gasteiger partial charge on any atom is -0.438 e. The van der Waals surface area contributed by atoms with Crippen molar-refractivity contribution in [1.29, 1.82) is 0 Å². The average molecular weight is 1540 g/mol. The second-order valence-electron chi connectivity index (χ2n) is 30.7. The van der Waals surface area contributed by atoms with Gasteiger partial charge in [0.15, 0.2) is 5.58 Å². The maximum atomic E-state index is 7.65. The molecule has 0 saturated heterocycles. The Hall–Kier alpha value is -14.4. The fourth-order valence-electron chi connectivity index (χ4n) is 17.2. The molecule has 0 radical (unpaired) electrons. The number of hydrogen-bond donors (Lipinski definition) is 0. The highest BCUT2D eigenvalue weighted by Crippen LogP contribution is 2.56. The van der Waals surface area contributed by atoms with Crippen LogP contribution in [0.4, 0.5) is 96.7 Å². The third-order valence-electron chi connectivity index (χ3n) is 24.3. The van der Waals surface area contributed by atoms with Crippen LogP contribution in [0.3, 0.4) is 0 Å². The highest BCUT2D eigenvalue weighted by atomic mass is 16.3. The quantitative estimate of drug-likeness (QED) is 0.152. The first-order valence-corrected chi connectivity index (χ1v) is 39.0. The van der Waals surface area contributed by atoms with Gasteiger partial charge in [0.05, 0.1) is 84.5 Å². The van der Waals surface area contributed by atoms with Crippen LogP contribution in [0.2, 0.25) is 0 Å². The topological polar surface area (TPSA) is 111 Å². The molecular formula is C97H94N18O2. The Morgan fingerprint density at radius 1 is 0.282 bits per heavy atom. The Kier molecular flexibility index (Phi) is 21.3. The fraction of sp³-hybridized carbons (Fsp3) is 0.258. The van der Waals surface area contributed by atoms with E-state index in [1.54, 1.807) is 12.4 Å². The van der Waals surface area contributed by atoms with Gasteiger partial charge in [-0.2, -0.15) is 0 Å². The molecule has 20 heteroatoms. The van der Waals surface area contributed by atoms with Crippen molar-refractivity contribution in [2.45, 2.75) is 135 Å². The Morgan fingerprint density at radius 3 is 1.18 bits per heavy atom. The van der Waals surface area contributed by atoms with Crippen LogP contribution in [0.25, 0.3) is 73.2 Å². The molecule has 5 aliphatic rings. The van der Waals surface area contributed by atoms with Crippen molar-refractivity contribution in [2.75, 3.05) is 79.3 Å². The van der Waals surface area contributed by atoms with E-state index in [2.05, 4.69) is 263 Å². The summed E-state index contributed by atoms with van der Waals surface area (Å²) in [5.41, 5.74) is 31.9. The van der Waals surface area contributed by atoms with Crippen LogP contribution >= 0.6 is 0 Å². The van der Waals surface area contributed by atoms with Gasteiger partial charge < -0.3 is 62.6 Å². The number of pyridine rings is 2. The summed E-state index contributed by atoms with van der Waals surface area (Å²) in [7, 11) is 10.2. The second kappa shape index (κ2) is 31.5. The summed E-state index contributed by atoms with van der Waals surface area (Å²) in [5, 5.41) is 4.14. The summed E-state index contributed by atoms with van der Waals surface area (Å²) in [6, 6.07) is 54.6. The molecule has 117 heavy (non-hydrogen) atoms. The van der Waals surface area contributed by atoms with Crippen molar-refractivity contribution in [3.05, 3.63) is 312 Å². The van der Waals surface area contributed by atoms with Gasteiger partial charge in [-0.25, -0.2) is 29.3 Å².